The average Bonchev–Trinajstić information content (AvgIpc) is 2.72. The van der Waals surface area contributed by atoms with Crippen LogP contribution in [-0.4, -0.2) is 16.9 Å². The summed E-state index contributed by atoms with van der Waals surface area (Å²) in [4.78, 5) is 11.9. The van der Waals surface area contributed by atoms with Crippen molar-refractivity contribution >= 4 is 35.0 Å². The van der Waals surface area contributed by atoms with Crippen molar-refractivity contribution in [2.24, 2.45) is 7.05 Å². The van der Waals surface area contributed by atoms with Crippen molar-refractivity contribution < 1.29 is 19.1 Å². The molecule has 0 spiro atoms. The van der Waals surface area contributed by atoms with Gasteiger partial charge in [-0.25, -0.2) is 0 Å². The van der Waals surface area contributed by atoms with Crippen LogP contribution in [0.2, 0.25) is 5.02 Å². The van der Waals surface area contributed by atoms with Gasteiger partial charge in [0.15, 0.2) is 13.0 Å². The molecule has 8 heteroatoms. The van der Waals surface area contributed by atoms with Crippen molar-refractivity contribution in [3.05, 3.63) is 28.8 Å². The number of amides is 1. The third kappa shape index (κ3) is 3.23. The Balaban J connectivity index is 1.98. The van der Waals surface area contributed by atoms with E-state index in [4.69, 9.17) is 11.6 Å². The van der Waals surface area contributed by atoms with E-state index in [2.05, 4.69) is 15.1 Å². The number of anilines is 1. The Morgan fingerprint density at radius 2 is 2.35 bits per heavy atom. The Morgan fingerprint density at radius 3 is 3.00 bits per heavy atom. The standard InChI is InChI=1S/C12H12ClN3O3S/c1-7-8(13)4-3-5-9(7)14-10(17)6-20-11-12(18)19-15-16(11)2/h3-5H,6H2,1-2H3,(H-,14,15,17,18). The minimum Gasteiger partial charge on any atom is -0.538 e. The van der Waals surface area contributed by atoms with Crippen LogP contribution in [0.3, 0.4) is 0 Å². The van der Waals surface area contributed by atoms with E-state index in [1.807, 2.05) is 6.92 Å². The number of carbonyl (C=O) groups excluding carboxylic acids is 1. The van der Waals surface area contributed by atoms with E-state index in [1.54, 1.807) is 25.2 Å². The molecular weight excluding hydrogens is 302 g/mol. The zero-order chi connectivity index (χ0) is 14.7. The Hall–Kier alpha value is -1.73. The number of nitrogens with one attached hydrogen (secondary N) is 1. The number of nitrogens with zero attached hydrogens (tertiary/aromatic N) is 2. The number of halogens is 1. The van der Waals surface area contributed by atoms with Crippen LogP contribution in [0.4, 0.5) is 5.69 Å². The minimum atomic E-state index is -0.552. The van der Waals surface area contributed by atoms with Gasteiger partial charge in [0.2, 0.25) is 5.91 Å². The molecule has 0 aliphatic carbocycles. The summed E-state index contributed by atoms with van der Waals surface area (Å²) in [6, 6.07) is 5.28. The summed E-state index contributed by atoms with van der Waals surface area (Å²) in [7, 11) is 1.58. The van der Waals surface area contributed by atoms with Crippen molar-refractivity contribution in [3.63, 3.8) is 0 Å². The average molecular weight is 314 g/mol. The van der Waals surface area contributed by atoms with E-state index < -0.39 is 5.95 Å². The molecule has 106 valence electrons. The van der Waals surface area contributed by atoms with Gasteiger partial charge in [-0.05, 0) is 36.4 Å². The first-order valence-electron chi connectivity index (χ1n) is 5.70. The van der Waals surface area contributed by atoms with Gasteiger partial charge in [0, 0.05) is 10.7 Å². The van der Waals surface area contributed by atoms with Gasteiger partial charge < -0.3 is 14.9 Å². The lowest BCUT2D eigenvalue weighted by Gasteiger charge is -2.08. The number of carbonyl (C=O) groups is 1. The van der Waals surface area contributed by atoms with Crippen molar-refractivity contribution in [2.45, 2.75) is 11.9 Å². The zero-order valence-corrected chi connectivity index (χ0v) is 12.4. The van der Waals surface area contributed by atoms with Crippen molar-refractivity contribution in [2.75, 3.05) is 11.1 Å². The van der Waals surface area contributed by atoms with Crippen LogP contribution in [0.1, 0.15) is 5.56 Å². The molecule has 2 rings (SSSR count). The Labute approximate surface area is 124 Å². The van der Waals surface area contributed by atoms with Crippen LogP contribution in [-0.2, 0) is 11.8 Å². The molecule has 1 amide bonds. The molecule has 1 N–H and O–H groups in total. The molecule has 0 fully saturated rings. The molecule has 0 saturated carbocycles. The molecular formula is C12H12ClN3O3S. The number of hydrogen-bond acceptors (Lipinski definition) is 5. The monoisotopic (exact) mass is 313 g/mol. The maximum Gasteiger partial charge on any atom is 0.291 e. The van der Waals surface area contributed by atoms with Crippen molar-refractivity contribution in [1.29, 1.82) is 0 Å². The predicted octanol–water partition coefficient (Wildman–Crippen LogP) is 1.27. The number of thioether (sulfide) groups is 1. The first kappa shape index (κ1) is 14.7. The summed E-state index contributed by atoms with van der Waals surface area (Å²) in [6.07, 6.45) is 0. The summed E-state index contributed by atoms with van der Waals surface area (Å²) in [5.74, 6) is -0.707. The molecule has 0 bridgehead atoms. The van der Waals surface area contributed by atoms with Gasteiger partial charge >= 0.3 is 0 Å². The third-order valence-electron chi connectivity index (χ3n) is 2.60. The first-order valence-corrected chi connectivity index (χ1v) is 7.06. The summed E-state index contributed by atoms with van der Waals surface area (Å²) in [6.45, 7) is 1.82. The molecule has 0 saturated heterocycles. The van der Waals surface area contributed by atoms with Gasteiger partial charge in [0.25, 0.3) is 5.03 Å². The largest absolute Gasteiger partial charge is 0.538 e. The smallest absolute Gasteiger partial charge is 0.291 e. The second-order valence-electron chi connectivity index (χ2n) is 4.04. The third-order valence-corrected chi connectivity index (χ3v) is 4.12. The molecule has 20 heavy (non-hydrogen) atoms. The quantitative estimate of drug-likeness (QED) is 0.679. The van der Waals surface area contributed by atoms with Crippen LogP contribution >= 0.6 is 23.4 Å². The summed E-state index contributed by atoms with van der Waals surface area (Å²) >= 11 is 7.04. The van der Waals surface area contributed by atoms with Gasteiger partial charge in [-0.1, -0.05) is 22.3 Å². The highest BCUT2D eigenvalue weighted by Crippen LogP contribution is 2.24. The first-order chi connectivity index (χ1) is 9.49. The molecule has 2 aromatic rings. The molecule has 0 unspecified atom stereocenters. The highest BCUT2D eigenvalue weighted by molar-refractivity contribution is 7.99. The lowest BCUT2D eigenvalue weighted by atomic mass is 10.2. The fourth-order valence-corrected chi connectivity index (χ4v) is 2.41. The van der Waals surface area contributed by atoms with Crippen LogP contribution in [0, 0.1) is 6.92 Å². The number of aryl methyl sites for hydroxylation is 1. The Kier molecular flexibility index (Phi) is 4.51. The SMILES string of the molecule is Cc1c(Cl)cccc1NC(=O)CSc1c([O-])on[n+]1C. The summed E-state index contributed by atoms with van der Waals surface area (Å²) in [5.41, 5.74) is 1.45. The van der Waals surface area contributed by atoms with E-state index in [-0.39, 0.29) is 16.7 Å². The number of aromatic nitrogens is 2. The Bertz CT molecular complexity index is 625. The fraction of sp³-hybridized carbons (Fsp3) is 0.250. The highest BCUT2D eigenvalue weighted by atomic mass is 35.5. The molecule has 1 heterocycles. The molecule has 0 radical (unpaired) electrons. The van der Waals surface area contributed by atoms with Crippen LogP contribution in [0.5, 0.6) is 5.95 Å². The number of benzene rings is 1. The Morgan fingerprint density at radius 1 is 1.60 bits per heavy atom. The molecule has 0 atom stereocenters. The lowest BCUT2D eigenvalue weighted by Crippen LogP contribution is -2.32. The second kappa shape index (κ2) is 6.15. The van der Waals surface area contributed by atoms with E-state index in [0.29, 0.717) is 10.7 Å². The van der Waals surface area contributed by atoms with Gasteiger partial charge in [0.05, 0.1) is 11.0 Å². The van der Waals surface area contributed by atoms with E-state index in [0.717, 1.165) is 17.3 Å². The fourth-order valence-electron chi connectivity index (χ4n) is 1.52. The second-order valence-corrected chi connectivity index (χ2v) is 5.41. The molecule has 0 aliphatic rings. The molecule has 1 aromatic heterocycles. The van der Waals surface area contributed by atoms with Gasteiger partial charge in [-0.2, -0.15) is 0 Å². The molecule has 1 aromatic carbocycles. The lowest BCUT2D eigenvalue weighted by molar-refractivity contribution is -0.772. The maximum atomic E-state index is 11.9. The van der Waals surface area contributed by atoms with Crippen LogP contribution in [0.25, 0.3) is 0 Å². The maximum absolute atomic E-state index is 11.9. The highest BCUT2D eigenvalue weighted by Gasteiger charge is 2.16. The summed E-state index contributed by atoms with van der Waals surface area (Å²) in [5, 5.41) is 18.4. The predicted molar refractivity (Wildman–Crippen MR) is 72.7 cm³/mol. The van der Waals surface area contributed by atoms with E-state index >= 15 is 0 Å². The molecule has 0 aliphatic heterocycles. The number of hydrogen-bond donors (Lipinski definition) is 1. The van der Waals surface area contributed by atoms with E-state index in [9.17, 15) is 9.90 Å². The van der Waals surface area contributed by atoms with Gasteiger partial charge in [-0.3, -0.25) is 4.79 Å². The van der Waals surface area contributed by atoms with Crippen LogP contribution < -0.4 is 15.1 Å². The minimum absolute atomic E-state index is 0.0796. The zero-order valence-electron chi connectivity index (χ0n) is 10.8. The van der Waals surface area contributed by atoms with Gasteiger partial charge in [0.1, 0.15) is 0 Å². The van der Waals surface area contributed by atoms with Crippen LogP contribution in [0.15, 0.2) is 27.7 Å². The number of rotatable bonds is 4. The molecule has 6 nitrogen and oxygen atoms in total. The van der Waals surface area contributed by atoms with Gasteiger partial charge in [-0.15, -0.1) is 0 Å². The van der Waals surface area contributed by atoms with E-state index in [1.165, 1.54) is 4.68 Å². The van der Waals surface area contributed by atoms with Crippen molar-refractivity contribution in [3.8, 4) is 5.95 Å². The van der Waals surface area contributed by atoms with Crippen molar-refractivity contribution in [1.82, 2.24) is 5.27 Å². The normalized spacial score (nSPS) is 10.6. The topological polar surface area (TPSA) is 82.1 Å². The summed E-state index contributed by atoms with van der Waals surface area (Å²) < 4.78 is 5.76.